The van der Waals surface area contributed by atoms with E-state index in [2.05, 4.69) is 15.9 Å². The van der Waals surface area contributed by atoms with E-state index in [0.29, 0.717) is 22.5 Å². The van der Waals surface area contributed by atoms with Crippen LogP contribution >= 0.6 is 39.1 Å². The SMILES string of the molecule is O=C(O)c1cccc(N2C(=O)[C@H]3[C@H](CC=C4[C@H](C5=COc6ccc(O)cc6C5)[C@]5(Cl)C(=O)N(CBr)C(=O)[C@]5(Cl)C[C@H]43)C2=O)c1. The van der Waals surface area contributed by atoms with Gasteiger partial charge in [0, 0.05) is 17.9 Å². The van der Waals surface area contributed by atoms with Gasteiger partial charge in [-0.15, -0.1) is 23.2 Å². The highest BCUT2D eigenvalue weighted by Crippen LogP contribution is 2.65. The number of aromatic carboxylic acids is 1. The van der Waals surface area contributed by atoms with Gasteiger partial charge in [-0.1, -0.05) is 33.6 Å². The van der Waals surface area contributed by atoms with Crippen LogP contribution in [0.15, 0.2) is 65.9 Å². The van der Waals surface area contributed by atoms with Gasteiger partial charge in [0.25, 0.3) is 11.8 Å². The maximum Gasteiger partial charge on any atom is 0.335 e. The minimum absolute atomic E-state index is 0.0156. The Hall–Kier alpha value is -3.67. The molecule has 0 radical (unpaired) electrons. The lowest BCUT2D eigenvalue weighted by Crippen LogP contribution is -2.61. The molecule has 2 aromatic carbocycles. The minimum Gasteiger partial charge on any atom is -0.508 e. The van der Waals surface area contributed by atoms with E-state index in [4.69, 9.17) is 27.9 Å². The second-order valence-corrected chi connectivity index (χ2v) is 13.4. The Morgan fingerprint density at radius 2 is 1.82 bits per heavy atom. The van der Waals surface area contributed by atoms with Crippen LogP contribution < -0.4 is 9.64 Å². The molecule has 7 rings (SSSR count). The van der Waals surface area contributed by atoms with Gasteiger partial charge < -0.3 is 14.9 Å². The summed E-state index contributed by atoms with van der Waals surface area (Å²) in [5.74, 6) is -6.56. The zero-order valence-corrected chi connectivity index (χ0v) is 25.8. The smallest absolute Gasteiger partial charge is 0.335 e. The Morgan fingerprint density at radius 1 is 1.05 bits per heavy atom. The monoisotopic (exact) mass is 700 g/mol. The number of carboxylic acids is 1. The van der Waals surface area contributed by atoms with Crippen LogP contribution in [0.2, 0.25) is 0 Å². The number of allylic oxidation sites excluding steroid dienone is 3. The molecule has 5 aliphatic rings. The number of aromatic hydroxyl groups is 1. The van der Waals surface area contributed by atoms with E-state index in [1.54, 1.807) is 6.07 Å². The number of likely N-dealkylation sites (tertiary alicyclic amines) is 1. The van der Waals surface area contributed by atoms with Crippen molar-refractivity contribution < 1.29 is 38.9 Å². The number of hydrogen-bond donors (Lipinski definition) is 2. The molecule has 2 aliphatic carbocycles. The van der Waals surface area contributed by atoms with Gasteiger partial charge in [0.15, 0.2) is 9.75 Å². The second kappa shape index (κ2) is 9.92. The first-order chi connectivity index (χ1) is 20.9. The Morgan fingerprint density at radius 3 is 2.55 bits per heavy atom. The number of fused-ring (bicyclic) bond motifs is 5. The number of phenolic OH excluding ortho intramolecular Hbond substituents is 1. The normalized spacial score (nSPS) is 32.3. The number of benzene rings is 2. The predicted molar refractivity (Wildman–Crippen MR) is 161 cm³/mol. The highest BCUT2D eigenvalue weighted by Gasteiger charge is 2.76. The van der Waals surface area contributed by atoms with Crippen molar-refractivity contribution in [3.8, 4) is 11.5 Å². The first-order valence-corrected chi connectivity index (χ1v) is 15.7. The van der Waals surface area contributed by atoms with Crippen molar-refractivity contribution in [3.05, 3.63) is 77.1 Å². The number of phenols is 1. The van der Waals surface area contributed by atoms with Gasteiger partial charge in [0.1, 0.15) is 11.5 Å². The van der Waals surface area contributed by atoms with Crippen molar-refractivity contribution >= 4 is 74.4 Å². The van der Waals surface area contributed by atoms with Gasteiger partial charge in [0.05, 0.1) is 34.8 Å². The molecule has 3 aliphatic heterocycles. The van der Waals surface area contributed by atoms with Gasteiger partial charge in [-0.2, -0.15) is 0 Å². The molecule has 0 bridgehead atoms. The number of nitrogens with zero attached hydrogens (tertiary/aromatic N) is 2. The summed E-state index contributed by atoms with van der Waals surface area (Å²) in [4.78, 5) is 65.3. The fourth-order valence-electron chi connectivity index (χ4n) is 7.60. The average molecular weight is 702 g/mol. The lowest BCUT2D eigenvalue weighted by Gasteiger charge is -2.51. The quantitative estimate of drug-likeness (QED) is 0.207. The topological polar surface area (TPSA) is 142 Å². The number of hydrogen-bond acceptors (Lipinski definition) is 7. The van der Waals surface area contributed by atoms with Crippen LogP contribution in [-0.4, -0.2) is 59.9 Å². The first-order valence-electron chi connectivity index (χ1n) is 13.8. The standard InChI is InChI=1S/C31H23BrCl2N2O8/c32-13-35-28(42)30(33)11-21-19(24(31(30,34)29(35)43)16-8-15-10-18(37)4-7-22(15)44-12-16)5-6-20-23(21)26(39)36(25(20)38)17-3-1-2-14(9-17)27(40)41/h1-5,7,9-10,12,20-21,23-24,37H,6,8,11,13H2,(H,40,41)/t20-,21+,23-,24-,30+,31-/m0/s1. The molecule has 2 N–H and O–H groups in total. The van der Waals surface area contributed by atoms with Crippen molar-refractivity contribution in [2.24, 2.45) is 23.7 Å². The lowest BCUT2D eigenvalue weighted by molar-refractivity contribution is -0.138. The maximum atomic E-state index is 14.1. The molecule has 2 aromatic rings. The van der Waals surface area contributed by atoms with Gasteiger partial charge in [-0.25, -0.2) is 4.79 Å². The van der Waals surface area contributed by atoms with E-state index in [1.807, 2.05) is 6.08 Å². The summed E-state index contributed by atoms with van der Waals surface area (Å²) in [6, 6.07) is 10.2. The fraction of sp³-hybridized carbons (Fsp3) is 0.323. The molecule has 1 saturated carbocycles. The van der Waals surface area contributed by atoms with Crippen molar-refractivity contribution in [1.82, 2.24) is 4.90 Å². The third-order valence-electron chi connectivity index (χ3n) is 9.51. The molecule has 0 spiro atoms. The molecular weight excluding hydrogens is 679 g/mol. The molecular formula is C31H23BrCl2N2O8. The van der Waals surface area contributed by atoms with Crippen LogP contribution in [0.1, 0.15) is 28.8 Å². The molecule has 4 amide bonds. The number of alkyl halides is 3. The van der Waals surface area contributed by atoms with E-state index >= 15 is 0 Å². The van der Waals surface area contributed by atoms with Gasteiger partial charge in [-0.3, -0.25) is 29.0 Å². The summed E-state index contributed by atoms with van der Waals surface area (Å²) in [5.41, 5.74) is 1.67. The Balaban J connectivity index is 1.35. The molecule has 226 valence electrons. The van der Waals surface area contributed by atoms with Gasteiger partial charge >= 0.3 is 5.97 Å². The maximum absolute atomic E-state index is 14.1. The molecule has 13 heteroatoms. The number of amides is 4. The van der Waals surface area contributed by atoms with E-state index in [9.17, 15) is 34.2 Å². The molecule has 3 fully saturated rings. The first kappa shape index (κ1) is 29.1. The number of ether oxygens (including phenoxy) is 1. The number of carbonyl (C=O) groups is 5. The number of halogens is 3. The summed E-state index contributed by atoms with van der Waals surface area (Å²) in [7, 11) is 0. The molecule has 10 nitrogen and oxygen atoms in total. The number of carbonyl (C=O) groups excluding carboxylic acids is 4. The molecule has 0 aromatic heterocycles. The summed E-state index contributed by atoms with van der Waals surface area (Å²) in [6.07, 6.45) is 3.48. The van der Waals surface area contributed by atoms with Crippen LogP contribution in [0.25, 0.3) is 0 Å². The van der Waals surface area contributed by atoms with Crippen molar-refractivity contribution in [2.75, 3.05) is 10.4 Å². The Labute approximate surface area is 269 Å². The van der Waals surface area contributed by atoms with Crippen molar-refractivity contribution in [3.63, 3.8) is 0 Å². The number of imide groups is 2. The summed E-state index contributed by atoms with van der Waals surface area (Å²) < 4.78 is 5.90. The largest absolute Gasteiger partial charge is 0.508 e. The third-order valence-corrected chi connectivity index (χ3v) is 11.4. The van der Waals surface area contributed by atoms with Crippen LogP contribution in [0.5, 0.6) is 11.5 Å². The highest BCUT2D eigenvalue weighted by molar-refractivity contribution is 9.09. The summed E-state index contributed by atoms with van der Waals surface area (Å²) in [5, 5.41) is 19.6. The second-order valence-electron chi connectivity index (χ2n) is 11.6. The van der Waals surface area contributed by atoms with Crippen LogP contribution in [0, 0.1) is 23.7 Å². The van der Waals surface area contributed by atoms with Crippen LogP contribution in [0.4, 0.5) is 5.69 Å². The van der Waals surface area contributed by atoms with Crippen LogP contribution in [-0.2, 0) is 25.6 Å². The third kappa shape index (κ3) is 3.75. The van der Waals surface area contributed by atoms with Crippen molar-refractivity contribution in [1.29, 1.82) is 0 Å². The molecule has 6 atom stereocenters. The fourth-order valence-corrected chi connectivity index (χ4v) is 9.04. The van der Waals surface area contributed by atoms with Gasteiger partial charge in [-0.05, 0) is 60.7 Å². The van der Waals surface area contributed by atoms with E-state index in [-0.39, 0.29) is 41.7 Å². The summed E-state index contributed by atoms with van der Waals surface area (Å²) in [6.45, 7) is 0. The summed E-state index contributed by atoms with van der Waals surface area (Å²) >= 11 is 17.7. The number of rotatable bonds is 4. The molecule has 2 saturated heterocycles. The number of carboxylic acid groups (broad SMARTS) is 1. The van der Waals surface area contributed by atoms with Gasteiger partial charge in [0.2, 0.25) is 11.8 Å². The zero-order valence-electron chi connectivity index (χ0n) is 22.7. The van der Waals surface area contributed by atoms with E-state index < -0.39 is 63.0 Å². The minimum atomic E-state index is -1.97. The molecule has 44 heavy (non-hydrogen) atoms. The van der Waals surface area contributed by atoms with Crippen LogP contribution in [0.3, 0.4) is 0 Å². The number of anilines is 1. The lowest BCUT2D eigenvalue weighted by atomic mass is 9.56. The Bertz CT molecular complexity index is 1780. The predicted octanol–water partition coefficient (Wildman–Crippen LogP) is 4.36. The van der Waals surface area contributed by atoms with E-state index in [1.165, 1.54) is 42.7 Å². The zero-order chi connectivity index (χ0) is 31.3. The highest BCUT2D eigenvalue weighted by atomic mass is 79.9. The van der Waals surface area contributed by atoms with E-state index in [0.717, 1.165) is 9.80 Å². The van der Waals surface area contributed by atoms with Crippen molar-refractivity contribution in [2.45, 2.75) is 29.0 Å². The molecule has 0 unspecified atom stereocenters. The Kier molecular flexibility index (Phi) is 6.55. The average Bonchev–Trinajstić information content (AvgIpc) is 3.34. The molecule has 3 heterocycles.